The number of esters is 1. The molecular weight excluding hydrogens is 524 g/mol. The summed E-state index contributed by atoms with van der Waals surface area (Å²) in [6.45, 7) is 7.32. The molecule has 2 aliphatic heterocycles. The van der Waals surface area contributed by atoms with Crippen molar-refractivity contribution < 1.29 is 24.2 Å². The molecule has 41 heavy (non-hydrogen) atoms. The van der Waals surface area contributed by atoms with Crippen molar-refractivity contribution in [2.45, 2.75) is 52.4 Å². The second-order valence-corrected chi connectivity index (χ2v) is 9.22. The van der Waals surface area contributed by atoms with Crippen LogP contribution in [0.1, 0.15) is 51.0 Å². The van der Waals surface area contributed by atoms with Crippen molar-refractivity contribution in [2.75, 3.05) is 44.7 Å². The summed E-state index contributed by atoms with van der Waals surface area (Å²) in [5.74, 6) is -0.637. The Balaban J connectivity index is 0.000000362. The highest BCUT2D eigenvalue weighted by molar-refractivity contribution is 5.96. The molecule has 0 bridgehead atoms. The van der Waals surface area contributed by atoms with Crippen LogP contribution in [-0.4, -0.2) is 77.6 Å². The highest BCUT2D eigenvalue weighted by Crippen LogP contribution is 2.25. The number of terminal acetylenes is 1. The molecule has 1 aromatic heterocycles. The first-order chi connectivity index (χ1) is 19.9. The fraction of sp³-hybridized carbons (Fsp3) is 0.467. The maximum absolute atomic E-state index is 11.7. The Bertz CT molecular complexity index is 1210. The number of aromatic nitrogens is 1. The predicted octanol–water partition coefficient (Wildman–Crippen LogP) is 3.01. The lowest BCUT2D eigenvalue weighted by molar-refractivity contribution is -0.139. The summed E-state index contributed by atoms with van der Waals surface area (Å²) >= 11 is 0. The van der Waals surface area contributed by atoms with E-state index in [0.717, 1.165) is 61.9 Å². The molecule has 1 aromatic carbocycles. The molecule has 2 amide bonds. The number of fused-ring (bicyclic) bond motifs is 1. The highest BCUT2D eigenvalue weighted by Gasteiger charge is 2.16. The van der Waals surface area contributed by atoms with Gasteiger partial charge in [0.2, 0.25) is 12.3 Å². The molecule has 222 valence electrons. The Kier molecular flexibility index (Phi) is 16.5. The third kappa shape index (κ3) is 11.3. The summed E-state index contributed by atoms with van der Waals surface area (Å²) in [6.07, 6.45) is 17.5. The SMILES string of the molecule is C#C.CCN1CCCCCC1=O.Cc1c[nH]c2c(N/C(N)=C(\C#N)C(=O)OCCO)cccc12.O=CN1CCCC1. The molecule has 4 rings (SSSR count). The van der Waals surface area contributed by atoms with E-state index >= 15 is 0 Å². The molecule has 2 aliphatic rings. The maximum Gasteiger partial charge on any atom is 0.352 e. The smallest absolute Gasteiger partial charge is 0.352 e. The number of aryl methyl sites for hydroxylation is 1. The van der Waals surface area contributed by atoms with Gasteiger partial charge in [-0.15, -0.1) is 12.8 Å². The Morgan fingerprint density at radius 3 is 2.49 bits per heavy atom. The zero-order valence-corrected chi connectivity index (χ0v) is 24.0. The minimum Gasteiger partial charge on any atom is -0.459 e. The van der Waals surface area contributed by atoms with Gasteiger partial charge in [0.15, 0.2) is 5.57 Å². The van der Waals surface area contributed by atoms with E-state index in [1.54, 1.807) is 17.0 Å². The van der Waals surface area contributed by atoms with E-state index in [-0.39, 0.29) is 24.6 Å². The van der Waals surface area contributed by atoms with Crippen LogP contribution < -0.4 is 11.1 Å². The van der Waals surface area contributed by atoms with Crippen molar-refractivity contribution >= 4 is 34.9 Å². The molecule has 0 saturated carbocycles. The number of hydrogen-bond acceptors (Lipinski definition) is 8. The quantitative estimate of drug-likeness (QED) is 0.131. The Labute approximate surface area is 242 Å². The van der Waals surface area contributed by atoms with E-state index in [4.69, 9.17) is 20.8 Å². The van der Waals surface area contributed by atoms with Crippen molar-refractivity contribution in [3.8, 4) is 18.9 Å². The zero-order chi connectivity index (χ0) is 30.6. The number of nitriles is 1. The minimum absolute atomic E-state index is 0.106. The number of H-pyrrole nitrogens is 1. The minimum atomic E-state index is -0.878. The topological polar surface area (TPSA) is 165 Å². The van der Waals surface area contributed by atoms with Gasteiger partial charge in [0.1, 0.15) is 18.5 Å². The number of para-hydroxylation sites is 1. The molecule has 2 aromatic rings. The Morgan fingerprint density at radius 1 is 1.22 bits per heavy atom. The van der Waals surface area contributed by atoms with Crippen LogP contribution in [0.25, 0.3) is 10.9 Å². The number of aliphatic hydroxyl groups excluding tert-OH is 1. The molecule has 0 aliphatic carbocycles. The van der Waals surface area contributed by atoms with Crippen LogP contribution in [0.3, 0.4) is 0 Å². The first-order valence-electron chi connectivity index (χ1n) is 13.7. The molecule has 0 unspecified atom stereocenters. The van der Waals surface area contributed by atoms with Crippen LogP contribution >= 0.6 is 0 Å². The number of nitrogens with one attached hydrogen (secondary N) is 2. The van der Waals surface area contributed by atoms with E-state index in [9.17, 15) is 14.4 Å². The zero-order valence-electron chi connectivity index (χ0n) is 24.0. The van der Waals surface area contributed by atoms with E-state index in [2.05, 4.69) is 23.1 Å². The fourth-order valence-electron chi connectivity index (χ4n) is 4.25. The van der Waals surface area contributed by atoms with Gasteiger partial charge < -0.3 is 35.7 Å². The van der Waals surface area contributed by atoms with Gasteiger partial charge in [0, 0.05) is 44.2 Å². The number of anilines is 1. The second kappa shape index (κ2) is 19.6. The number of amides is 2. The summed E-state index contributed by atoms with van der Waals surface area (Å²) in [5.41, 5.74) is 8.00. The number of aromatic amines is 1. The molecule has 0 radical (unpaired) electrons. The standard InChI is InChI=1S/C15H16N4O3.C8H15NO.C5H9NO.C2H2/c1-9-8-18-13-10(9)3-2-4-12(13)19-14(17)11(7-16)15(21)22-6-5-20;1-2-9-7-5-3-4-6-8(9)10;7-5-6-3-1-2-4-6;1-2/h2-4,8,18-20H,5-6,17H2,1H3;2-7H2,1H3;5H,1-4H2;1-2H/b14-11+;;;. The lowest BCUT2D eigenvalue weighted by atomic mass is 10.1. The highest BCUT2D eigenvalue weighted by atomic mass is 16.5. The monoisotopic (exact) mass is 566 g/mol. The Hall–Kier alpha value is -4.48. The molecule has 11 nitrogen and oxygen atoms in total. The van der Waals surface area contributed by atoms with E-state index in [0.29, 0.717) is 11.6 Å². The first-order valence-corrected chi connectivity index (χ1v) is 13.7. The van der Waals surface area contributed by atoms with Crippen LogP contribution in [0.15, 0.2) is 35.8 Å². The predicted molar refractivity (Wildman–Crippen MR) is 159 cm³/mol. The number of nitrogens with zero attached hydrogens (tertiary/aromatic N) is 3. The van der Waals surface area contributed by atoms with Crippen molar-refractivity contribution in [1.29, 1.82) is 5.26 Å². The number of carbonyl (C=O) groups is 3. The van der Waals surface area contributed by atoms with Crippen molar-refractivity contribution in [3.63, 3.8) is 0 Å². The molecule has 0 atom stereocenters. The van der Waals surface area contributed by atoms with Gasteiger partial charge in [-0.25, -0.2) is 4.79 Å². The van der Waals surface area contributed by atoms with Crippen LogP contribution in [0, 0.1) is 31.1 Å². The summed E-state index contributed by atoms with van der Waals surface area (Å²) in [6, 6.07) is 7.28. The van der Waals surface area contributed by atoms with Gasteiger partial charge in [0.25, 0.3) is 0 Å². The molecule has 0 spiro atoms. The third-order valence-electron chi connectivity index (χ3n) is 6.44. The van der Waals surface area contributed by atoms with Crippen LogP contribution in [0.4, 0.5) is 5.69 Å². The average Bonchev–Trinajstić information content (AvgIpc) is 3.61. The van der Waals surface area contributed by atoms with Crippen LogP contribution in [0.2, 0.25) is 0 Å². The number of ether oxygens (including phenoxy) is 1. The van der Waals surface area contributed by atoms with Crippen LogP contribution in [0.5, 0.6) is 0 Å². The second-order valence-electron chi connectivity index (χ2n) is 9.22. The van der Waals surface area contributed by atoms with Crippen LogP contribution in [-0.2, 0) is 19.1 Å². The molecule has 2 saturated heterocycles. The van der Waals surface area contributed by atoms with Gasteiger partial charge in [-0.3, -0.25) is 9.59 Å². The summed E-state index contributed by atoms with van der Waals surface area (Å²) in [4.78, 5) is 39.7. The molecule has 5 N–H and O–H groups in total. The number of hydrogen-bond donors (Lipinski definition) is 4. The molecular formula is C30H42N6O5. The normalized spacial score (nSPS) is 14.9. The number of carbonyl (C=O) groups excluding carboxylic acids is 3. The number of benzene rings is 1. The summed E-state index contributed by atoms with van der Waals surface area (Å²) < 4.78 is 4.70. The summed E-state index contributed by atoms with van der Waals surface area (Å²) in [5, 5.41) is 21.6. The fourth-order valence-corrected chi connectivity index (χ4v) is 4.25. The van der Waals surface area contributed by atoms with E-state index < -0.39 is 5.97 Å². The van der Waals surface area contributed by atoms with Gasteiger partial charge in [-0.2, -0.15) is 5.26 Å². The number of likely N-dealkylation sites (tertiary alicyclic amines) is 2. The van der Waals surface area contributed by atoms with E-state index in [1.165, 1.54) is 25.7 Å². The van der Waals surface area contributed by atoms with Crippen molar-refractivity contribution in [1.82, 2.24) is 14.8 Å². The third-order valence-corrected chi connectivity index (χ3v) is 6.44. The van der Waals surface area contributed by atoms with Gasteiger partial charge in [0.05, 0.1) is 17.8 Å². The lowest BCUT2D eigenvalue weighted by Gasteiger charge is -2.17. The number of rotatable bonds is 7. The molecule has 11 heteroatoms. The first kappa shape index (κ1) is 34.5. The molecule has 2 fully saturated rings. The maximum atomic E-state index is 11.7. The van der Waals surface area contributed by atoms with Gasteiger partial charge >= 0.3 is 5.97 Å². The van der Waals surface area contributed by atoms with Crippen molar-refractivity contribution in [3.05, 3.63) is 41.4 Å². The van der Waals surface area contributed by atoms with Gasteiger partial charge in [-0.1, -0.05) is 18.6 Å². The van der Waals surface area contributed by atoms with E-state index in [1.807, 2.05) is 37.1 Å². The van der Waals surface area contributed by atoms with Gasteiger partial charge in [-0.05, 0) is 51.2 Å². The largest absolute Gasteiger partial charge is 0.459 e. The molecule has 3 heterocycles. The summed E-state index contributed by atoms with van der Waals surface area (Å²) in [7, 11) is 0. The number of nitrogens with two attached hydrogens (primary N) is 1. The van der Waals surface area contributed by atoms with Crippen molar-refractivity contribution in [2.24, 2.45) is 5.73 Å². The number of aliphatic hydroxyl groups is 1. The average molecular weight is 567 g/mol. The Morgan fingerprint density at radius 2 is 1.90 bits per heavy atom. The lowest BCUT2D eigenvalue weighted by Crippen LogP contribution is -2.29.